The first-order chi connectivity index (χ1) is 29.5. The summed E-state index contributed by atoms with van der Waals surface area (Å²) in [6.45, 7) is 4.69. The van der Waals surface area contributed by atoms with E-state index >= 15 is 0 Å². The second kappa shape index (κ2) is 13.0. The van der Waals surface area contributed by atoms with Gasteiger partial charge >= 0.3 is 0 Å². The summed E-state index contributed by atoms with van der Waals surface area (Å²) >= 11 is 0. The van der Waals surface area contributed by atoms with Crippen molar-refractivity contribution in [2.45, 2.75) is 24.7 Å². The summed E-state index contributed by atoms with van der Waals surface area (Å²) in [5.41, 5.74) is 19.7. The molecule has 0 saturated carbocycles. The molecule has 0 unspecified atom stereocenters. The Labute approximate surface area is 350 Å². The van der Waals surface area contributed by atoms with Gasteiger partial charge in [0.05, 0.1) is 11.1 Å². The number of nitrogens with zero attached hydrogens (tertiary/aromatic N) is 1. The maximum atomic E-state index is 7.00. The third-order valence-corrected chi connectivity index (χ3v) is 13.4. The van der Waals surface area contributed by atoms with Crippen LogP contribution in [0.25, 0.3) is 55.3 Å². The van der Waals surface area contributed by atoms with Crippen LogP contribution in [0.3, 0.4) is 0 Å². The van der Waals surface area contributed by atoms with Gasteiger partial charge in [0.15, 0.2) is 0 Å². The Morgan fingerprint density at radius 2 is 0.917 bits per heavy atom. The molecule has 9 aromatic carbocycles. The van der Waals surface area contributed by atoms with Crippen LogP contribution >= 0.6 is 0 Å². The van der Waals surface area contributed by atoms with E-state index in [1.165, 1.54) is 66.8 Å². The van der Waals surface area contributed by atoms with E-state index < -0.39 is 5.41 Å². The SMILES string of the molecule is CC1(C)c2ccccc2-c2c(N(c3ccc(-c4ccccc4)cc3)c3ccc4c(c3)oc3cc(C5(c6ccccc6)c6ccccc6-c6ccccc65)ccc34)cccc21. The molecular formula is C58H41NO. The molecule has 0 atom stereocenters. The van der Waals surface area contributed by atoms with Gasteiger partial charge in [0, 0.05) is 39.2 Å². The topological polar surface area (TPSA) is 16.4 Å². The molecule has 2 aliphatic rings. The minimum absolute atomic E-state index is 0.122. The highest BCUT2D eigenvalue weighted by molar-refractivity contribution is 6.07. The van der Waals surface area contributed by atoms with Crippen LogP contribution in [0, 0.1) is 0 Å². The van der Waals surface area contributed by atoms with Crippen molar-refractivity contribution in [2.24, 2.45) is 0 Å². The highest BCUT2D eigenvalue weighted by Crippen LogP contribution is 2.57. The van der Waals surface area contributed by atoms with Gasteiger partial charge in [-0.05, 0) is 97.6 Å². The van der Waals surface area contributed by atoms with Crippen molar-refractivity contribution in [3.63, 3.8) is 0 Å². The lowest BCUT2D eigenvalue weighted by molar-refractivity contribution is 0.660. The Hall–Kier alpha value is -7.42. The quantitative estimate of drug-likeness (QED) is 0.168. The lowest BCUT2D eigenvalue weighted by Crippen LogP contribution is -2.28. The van der Waals surface area contributed by atoms with Gasteiger partial charge in [0.25, 0.3) is 0 Å². The first kappa shape index (κ1) is 34.6. The fraction of sp³-hybridized carbons (Fsp3) is 0.0690. The molecular weight excluding hydrogens is 727 g/mol. The minimum atomic E-state index is -0.493. The van der Waals surface area contributed by atoms with E-state index in [4.69, 9.17) is 4.42 Å². The molecule has 0 radical (unpaired) electrons. The molecule has 0 aliphatic heterocycles. The van der Waals surface area contributed by atoms with Gasteiger partial charge < -0.3 is 9.32 Å². The zero-order valence-electron chi connectivity index (χ0n) is 33.6. The van der Waals surface area contributed by atoms with Gasteiger partial charge in [0.2, 0.25) is 0 Å². The molecule has 12 rings (SSSR count). The van der Waals surface area contributed by atoms with Crippen LogP contribution in [0.2, 0.25) is 0 Å². The molecule has 0 bridgehead atoms. The van der Waals surface area contributed by atoms with Crippen LogP contribution in [0.15, 0.2) is 217 Å². The third-order valence-electron chi connectivity index (χ3n) is 13.4. The zero-order chi connectivity index (χ0) is 40.0. The van der Waals surface area contributed by atoms with Crippen molar-refractivity contribution in [1.82, 2.24) is 0 Å². The standard InChI is InChI=1S/C58H41NO/c1-57(2)49-23-12-11-22-48(49)56-52(57)26-15-27-53(56)59(42-31-28-39(29-32-42)38-16-5-3-6-17-38)43-33-35-47-46-34-30-41(36-54(46)60-55(47)37-43)58(40-18-7-4-8-19-40)50-24-13-9-20-44(50)45-21-10-14-25-51(45)58/h3-37H,1-2H3. The largest absolute Gasteiger partial charge is 0.456 e. The molecule has 2 heteroatoms. The monoisotopic (exact) mass is 767 g/mol. The second-order valence-corrected chi connectivity index (χ2v) is 16.8. The molecule has 284 valence electrons. The van der Waals surface area contributed by atoms with E-state index in [1.807, 2.05) is 0 Å². The molecule has 0 saturated heterocycles. The molecule has 2 aliphatic carbocycles. The smallest absolute Gasteiger partial charge is 0.137 e. The minimum Gasteiger partial charge on any atom is -0.456 e. The van der Waals surface area contributed by atoms with E-state index in [2.05, 4.69) is 231 Å². The van der Waals surface area contributed by atoms with Crippen molar-refractivity contribution in [3.8, 4) is 33.4 Å². The lowest BCUT2D eigenvalue weighted by Gasteiger charge is -2.33. The van der Waals surface area contributed by atoms with Crippen molar-refractivity contribution >= 4 is 39.0 Å². The van der Waals surface area contributed by atoms with E-state index in [0.717, 1.165) is 39.0 Å². The van der Waals surface area contributed by atoms with E-state index in [1.54, 1.807) is 0 Å². The summed E-state index contributed by atoms with van der Waals surface area (Å²) < 4.78 is 7.00. The van der Waals surface area contributed by atoms with E-state index in [0.29, 0.717) is 0 Å². The number of rotatable bonds is 6. The van der Waals surface area contributed by atoms with Gasteiger partial charge in [-0.15, -0.1) is 0 Å². The molecule has 60 heavy (non-hydrogen) atoms. The van der Waals surface area contributed by atoms with Gasteiger partial charge in [-0.25, -0.2) is 0 Å². The normalized spacial score (nSPS) is 14.1. The molecule has 2 nitrogen and oxygen atoms in total. The Kier molecular flexibility index (Phi) is 7.52. The summed E-state index contributed by atoms with van der Waals surface area (Å²) in [4.78, 5) is 2.42. The molecule has 0 N–H and O–H groups in total. The summed E-state index contributed by atoms with van der Waals surface area (Å²) in [6, 6.07) is 77.7. The Bertz CT molecular complexity index is 3240. The van der Waals surface area contributed by atoms with Gasteiger partial charge in [-0.3, -0.25) is 0 Å². The number of hydrogen-bond donors (Lipinski definition) is 0. The number of benzene rings is 9. The first-order valence-electron chi connectivity index (χ1n) is 20.9. The Balaban J connectivity index is 1.05. The van der Waals surface area contributed by atoms with Gasteiger partial charge in [0.1, 0.15) is 11.2 Å². The summed E-state index contributed by atoms with van der Waals surface area (Å²) in [7, 11) is 0. The predicted octanol–water partition coefficient (Wildman–Crippen LogP) is 15.4. The van der Waals surface area contributed by atoms with Crippen molar-refractivity contribution < 1.29 is 4.42 Å². The van der Waals surface area contributed by atoms with Crippen LogP contribution in [-0.2, 0) is 10.8 Å². The van der Waals surface area contributed by atoms with E-state index in [-0.39, 0.29) is 5.41 Å². The van der Waals surface area contributed by atoms with Gasteiger partial charge in [-0.2, -0.15) is 0 Å². The lowest BCUT2D eigenvalue weighted by atomic mass is 9.67. The van der Waals surface area contributed by atoms with Crippen molar-refractivity contribution in [3.05, 3.63) is 246 Å². The summed E-state index contributed by atoms with van der Waals surface area (Å²) in [5.74, 6) is 0. The first-order valence-corrected chi connectivity index (χ1v) is 20.9. The fourth-order valence-corrected chi connectivity index (χ4v) is 10.6. The average molecular weight is 768 g/mol. The van der Waals surface area contributed by atoms with Crippen LogP contribution in [0.4, 0.5) is 17.1 Å². The molecule has 0 fully saturated rings. The molecule has 1 aromatic heterocycles. The van der Waals surface area contributed by atoms with Crippen molar-refractivity contribution in [2.75, 3.05) is 4.90 Å². The number of furan rings is 1. The van der Waals surface area contributed by atoms with Crippen LogP contribution in [0.5, 0.6) is 0 Å². The second-order valence-electron chi connectivity index (χ2n) is 16.8. The highest BCUT2D eigenvalue weighted by Gasteiger charge is 2.46. The summed E-state index contributed by atoms with van der Waals surface area (Å²) in [6.07, 6.45) is 0. The average Bonchev–Trinajstić information content (AvgIpc) is 3.91. The number of fused-ring (bicyclic) bond motifs is 9. The van der Waals surface area contributed by atoms with Crippen LogP contribution in [0.1, 0.15) is 47.2 Å². The van der Waals surface area contributed by atoms with Crippen molar-refractivity contribution in [1.29, 1.82) is 0 Å². The Morgan fingerprint density at radius 1 is 0.383 bits per heavy atom. The molecule has 0 amide bonds. The molecule has 10 aromatic rings. The Morgan fingerprint density at radius 3 is 1.62 bits per heavy atom. The van der Waals surface area contributed by atoms with Gasteiger partial charge in [-0.1, -0.05) is 184 Å². The fourth-order valence-electron chi connectivity index (χ4n) is 10.6. The predicted molar refractivity (Wildman–Crippen MR) is 249 cm³/mol. The zero-order valence-corrected chi connectivity index (χ0v) is 33.6. The third kappa shape index (κ3) is 4.88. The molecule has 1 heterocycles. The molecule has 0 spiro atoms. The van der Waals surface area contributed by atoms with E-state index in [9.17, 15) is 0 Å². The van der Waals surface area contributed by atoms with Crippen LogP contribution < -0.4 is 4.90 Å². The van der Waals surface area contributed by atoms with Crippen LogP contribution in [-0.4, -0.2) is 0 Å². The summed E-state index contributed by atoms with van der Waals surface area (Å²) in [5, 5.41) is 2.21. The highest BCUT2D eigenvalue weighted by atomic mass is 16.3. The number of hydrogen-bond acceptors (Lipinski definition) is 2. The number of anilines is 3. The maximum Gasteiger partial charge on any atom is 0.137 e. The maximum absolute atomic E-state index is 7.00.